The van der Waals surface area contributed by atoms with Gasteiger partial charge in [-0.05, 0) is 20.8 Å². The molecule has 2 aromatic rings. The molecule has 0 unspecified atom stereocenters. The normalized spacial score (nSPS) is 11.8. The van der Waals surface area contributed by atoms with E-state index < -0.39 is 0 Å². The molecule has 2 heterocycles. The van der Waals surface area contributed by atoms with Gasteiger partial charge < -0.3 is 15.2 Å². The summed E-state index contributed by atoms with van der Waals surface area (Å²) >= 11 is 0. The zero-order valence-corrected chi connectivity index (χ0v) is 14.0. The van der Waals surface area contributed by atoms with E-state index in [0.29, 0.717) is 0 Å². The lowest BCUT2D eigenvalue weighted by molar-refractivity contribution is 0.645. The molecule has 0 aliphatic rings. The van der Waals surface area contributed by atoms with Gasteiger partial charge in [0.15, 0.2) is 5.96 Å². The molecule has 0 aliphatic heterocycles. The molecule has 2 rings (SSSR count). The van der Waals surface area contributed by atoms with Crippen molar-refractivity contribution in [3.8, 4) is 0 Å². The lowest BCUT2D eigenvalue weighted by Crippen LogP contribution is -2.38. The zero-order valence-electron chi connectivity index (χ0n) is 14.0. The summed E-state index contributed by atoms with van der Waals surface area (Å²) in [5.41, 5.74) is 3.45. The first-order valence-electron chi connectivity index (χ1n) is 7.44. The maximum atomic E-state index is 4.43. The van der Waals surface area contributed by atoms with Gasteiger partial charge in [0, 0.05) is 57.4 Å². The Kier molecular flexibility index (Phi) is 5.19. The third kappa shape index (κ3) is 3.66. The average molecular weight is 303 g/mol. The SMILES string of the molecule is CN=C(NCCn1ccnc1C)NCc1c(C)nn(C)c1C. The van der Waals surface area contributed by atoms with E-state index >= 15 is 0 Å². The summed E-state index contributed by atoms with van der Waals surface area (Å²) in [5, 5.41) is 11.1. The predicted octanol–water partition coefficient (Wildman–Crippen LogP) is 0.907. The molecule has 0 bridgehead atoms. The van der Waals surface area contributed by atoms with Crippen molar-refractivity contribution in [2.24, 2.45) is 12.0 Å². The molecule has 0 fully saturated rings. The first-order chi connectivity index (χ1) is 10.5. The zero-order chi connectivity index (χ0) is 16.1. The number of aromatic nitrogens is 4. The molecule has 2 N–H and O–H groups in total. The van der Waals surface area contributed by atoms with Crippen LogP contribution in [0.5, 0.6) is 0 Å². The Labute approximate surface area is 131 Å². The maximum Gasteiger partial charge on any atom is 0.191 e. The third-order valence-electron chi connectivity index (χ3n) is 3.88. The lowest BCUT2D eigenvalue weighted by Gasteiger charge is -2.13. The summed E-state index contributed by atoms with van der Waals surface area (Å²) in [6.07, 6.45) is 3.80. The Morgan fingerprint density at radius 3 is 2.59 bits per heavy atom. The van der Waals surface area contributed by atoms with E-state index in [4.69, 9.17) is 0 Å². The molecule has 0 amide bonds. The molecule has 7 heteroatoms. The Bertz CT molecular complexity index is 651. The van der Waals surface area contributed by atoms with Crippen LogP contribution in [0, 0.1) is 20.8 Å². The van der Waals surface area contributed by atoms with Crippen molar-refractivity contribution in [1.82, 2.24) is 30.0 Å². The molecule has 7 nitrogen and oxygen atoms in total. The van der Waals surface area contributed by atoms with Crippen molar-refractivity contribution in [2.75, 3.05) is 13.6 Å². The van der Waals surface area contributed by atoms with Gasteiger partial charge in [-0.2, -0.15) is 5.10 Å². The highest BCUT2D eigenvalue weighted by molar-refractivity contribution is 5.79. The summed E-state index contributed by atoms with van der Waals surface area (Å²) < 4.78 is 4.01. The Balaban J connectivity index is 1.84. The van der Waals surface area contributed by atoms with Crippen molar-refractivity contribution >= 4 is 5.96 Å². The van der Waals surface area contributed by atoms with Crippen LogP contribution in [0.15, 0.2) is 17.4 Å². The summed E-state index contributed by atoms with van der Waals surface area (Å²) in [4.78, 5) is 8.47. The van der Waals surface area contributed by atoms with Gasteiger partial charge in [-0.3, -0.25) is 9.67 Å². The number of imidazole rings is 1. The number of nitrogens with zero attached hydrogens (tertiary/aromatic N) is 5. The second-order valence-corrected chi connectivity index (χ2v) is 5.29. The minimum atomic E-state index is 0.718. The Hall–Kier alpha value is -2.31. The van der Waals surface area contributed by atoms with E-state index in [1.54, 1.807) is 7.05 Å². The van der Waals surface area contributed by atoms with Crippen LogP contribution in [-0.2, 0) is 20.1 Å². The first-order valence-corrected chi connectivity index (χ1v) is 7.44. The molecular weight excluding hydrogens is 278 g/mol. The molecule has 22 heavy (non-hydrogen) atoms. The van der Waals surface area contributed by atoms with Crippen LogP contribution in [0.1, 0.15) is 22.8 Å². The second-order valence-electron chi connectivity index (χ2n) is 5.29. The van der Waals surface area contributed by atoms with E-state index in [0.717, 1.165) is 37.1 Å². The van der Waals surface area contributed by atoms with Crippen LogP contribution in [0.4, 0.5) is 0 Å². The average Bonchev–Trinajstić information content (AvgIpc) is 3.00. The molecular formula is C15H25N7. The van der Waals surface area contributed by atoms with Crippen LogP contribution in [0.2, 0.25) is 0 Å². The fourth-order valence-electron chi connectivity index (χ4n) is 2.40. The van der Waals surface area contributed by atoms with Crippen LogP contribution < -0.4 is 10.6 Å². The fourth-order valence-corrected chi connectivity index (χ4v) is 2.40. The van der Waals surface area contributed by atoms with Crippen LogP contribution in [0.25, 0.3) is 0 Å². The van der Waals surface area contributed by atoms with Crippen molar-refractivity contribution in [1.29, 1.82) is 0 Å². The number of hydrogen-bond acceptors (Lipinski definition) is 3. The second kappa shape index (κ2) is 7.11. The molecule has 0 saturated heterocycles. The van der Waals surface area contributed by atoms with E-state index in [9.17, 15) is 0 Å². The Morgan fingerprint density at radius 1 is 1.27 bits per heavy atom. The summed E-state index contributed by atoms with van der Waals surface area (Å²) in [6.45, 7) is 8.48. The number of aliphatic imine (C=N–C) groups is 1. The van der Waals surface area contributed by atoms with Gasteiger partial charge in [0.1, 0.15) is 5.82 Å². The predicted molar refractivity (Wildman–Crippen MR) is 87.8 cm³/mol. The van der Waals surface area contributed by atoms with Gasteiger partial charge in [0.25, 0.3) is 0 Å². The maximum absolute atomic E-state index is 4.43. The van der Waals surface area contributed by atoms with Gasteiger partial charge in [0.05, 0.1) is 5.69 Å². The number of aryl methyl sites for hydroxylation is 3. The van der Waals surface area contributed by atoms with Crippen molar-refractivity contribution in [3.05, 3.63) is 35.2 Å². The topological polar surface area (TPSA) is 72.1 Å². The number of rotatable bonds is 5. The molecule has 0 spiro atoms. The third-order valence-corrected chi connectivity index (χ3v) is 3.88. The minimum Gasteiger partial charge on any atom is -0.355 e. The number of hydrogen-bond donors (Lipinski definition) is 2. The van der Waals surface area contributed by atoms with Gasteiger partial charge in [-0.15, -0.1) is 0 Å². The summed E-state index contributed by atoms with van der Waals surface area (Å²) in [5.74, 6) is 1.81. The quantitative estimate of drug-likeness (QED) is 0.636. The molecule has 0 atom stereocenters. The molecule has 0 saturated carbocycles. The van der Waals surface area contributed by atoms with Gasteiger partial charge in [-0.25, -0.2) is 4.98 Å². The molecule has 2 aromatic heterocycles. The van der Waals surface area contributed by atoms with E-state index in [-0.39, 0.29) is 0 Å². The van der Waals surface area contributed by atoms with Crippen LogP contribution in [0.3, 0.4) is 0 Å². The van der Waals surface area contributed by atoms with Gasteiger partial charge in [-0.1, -0.05) is 0 Å². The highest BCUT2D eigenvalue weighted by atomic mass is 15.3. The monoisotopic (exact) mass is 303 g/mol. The van der Waals surface area contributed by atoms with Crippen LogP contribution in [-0.4, -0.2) is 38.9 Å². The van der Waals surface area contributed by atoms with E-state index in [1.165, 1.54) is 11.3 Å². The molecule has 0 aliphatic carbocycles. The van der Waals surface area contributed by atoms with Gasteiger partial charge >= 0.3 is 0 Å². The smallest absolute Gasteiger partial charge is 0.191 e. The largest absolute Gasteiger partial charge is 0.355 e. The summed E-state index contributed by atoms with van der Waals surface area (Å²) in [6, 6.07) is 0. The van der Waals surface area contributed by atoms with E-state index in [2.05, 4.69) is 37.2 Å². The standard InChI is InChI=1S/C15H25N7/c1-11-14(12(2)21(5)20-11)10-19-15(16-4)18-7-9-22-8-6-17-13(22)3/h6,8H,7,9-10H2,1-5H3,(H2,16,18,19). The lowest BCUT2D eigenvalue weighted by atomic mass is 10.2. The van der Waals surface area contributed by atoms with E-state index in [1.807, 2.05) is 38.0 Å². The molecule has 120 valence electrons. The highest BCUT2D eigenvalue weighted by Gasteiger charge is 2.09. The van der Waals surface area contributed by atoms with Crippen molar-refractivity contribution < 1.29 is 0 Å². The van der Waals surface area contributed by atoms with Crippen molar-refractivity contribution in [3.63, 3.8) is 0 Å². The highest BCUT2D eigenvalue weighted by Crippen LogP contribution is 2.10. The van der Waals surface area contributed by atoms with Gasteiger partial charge in [0.2, 0.25) is 0 Å². The molecule has 0 radical (unpaired) electrons. The minimum absolute atomic E-state index is 0.718. The number of nitrogens with one attached hydrogen (secondary N) is 2. The summed E-state index contributed by atoms with van der Waals surface area (Å²) in [7, 11) is 3.74. The Morgan fingerprint density at radius 2 is 2.05 bits per heavy atom. The number of guanidine groups is 1. The van der Waals surface area contributed by atoms with Crippen LogP contribution >= 0.6 is 0 Å². The molecule has 0 aromatic carbocycles. The first kappa shape index (κ1) is 16.1. The fraction of sp³-hybridized carbons (Fsp3) is 0.533. The van der Waals surface area contributed by atoms with Crippen molar-refractivity contribution in [2.45, 2.75) is 33.9 Å².